The van der Waals surface area contributed by atoms with E-state index in [2.05, 4.69) is 14.4 Å². The van der Waals surface area contributed by atoms with E-state index >= 15 is 0 Å². The average molecular weight is 215 g/mol. The standard InChI is InChI=1S/C9H13NO5/c1-2-14-8(12)3-7(11)9(13)6-4-10-15-5-6/h4-5,7,9,11,13H,2-3H2,1H3. The molecule has 1 aromatic rings. The first-order valence-electron chi connectivity index (χ1n) is 4.56. The van der Waals surface area contributed by atoms with Gasteiger partial charge in [0.15, 0.2) is 0 Å². The predicted octanol–water partition coefficient (Wildman–Crippen LogP) is 0.0221. The van der Waals surface area contributed by atoms with Gasteiger partial charge in [0.2, 0.25) is 0 Å². The highest BCUT2D eigenvalue weighted by Crippen LogP contribution is 2.18. The SMILES string of the molecule is CCOC(=O)CC(O)C(O)c1cnoc1. The fraction of sp³-hybridized carbons (Fsp3) is 0.556. The normalized spacial score (nSPS) is 14.6. The van der Waals surface area contributed by atoms with Gasteiger partial charge in [-0.15, -0.1) is 0 Å². The molecule has 0 aliphatic rings. The van der Waals surface area contributed by atoms with Crippen LogP contribution in [0.4, 0.5) is 0 Å². The topological polar surface area (TPSA) is 92.8 Å². The maximum absolute atomic E-state index is 11.0. The largest absolute Gasteiger partial charge is 0.466 e. The lowest BCUT2D eigenvalue weighted by molar-refractivity contribution is -0.147. The number of aliphatic hydroxyl groups is 2. The Morgan fingerprint density at radius 1 is 1.67 bits per heavy atom. The molecule has 0 aliphatic carbocycles. The smallest absolute Gasteiger partial charge is 0.308 e. The summed E-state index contributed by atoms with van der Waals surface area (Å²) < 4.78 is 9.13. The lowest BCUT2D eigenvalue weighted by Gasteiger charge is -2.14. The van der Waals surface area contributed by atoms with Crippen LogP contribution in [-0.4, -0.2) is 34.0 Å². The van der Waals surface area contributed by atoms with Crippen molar-refractivity contribution < 1.29 is 24.3 Å². The number of hydrogen-bond donors (Lipinski definition) is 2. The predicted molar refractivity (Wildman–Crippen MR) is 48.7 cm³/mol. The van der Waals surface area contributed by atoms with E-state index in [1.54, 1.807) is 6.92 Å². The zero-order valence-corrected chi connectivity index (χ0v) is 8.29. The zero-order valence-electron chi connectivity index (χ0n) is 8.29. The van der Waals surface area contributed by atoms with Gasteiger partial charge in [-0.05, 0) is 6.92 Å². The van der Waals surface area contributed by atoms with E-state index in [9.17, 15) is 15.0 Å². The summed E-state index contributed by atoms with van der Waals surface area (Å²) in [6.45, 7) is 1.91. The van der Waals surface area contributed by atoms with Crippen molar-refractivity contribution in [3.05, 3.63) is 18.0 Å². The molecule has 6 nitrogen and oxygen atoms in total. The molecule has 2 N–H and O–H groups in total. The highest BCUT2D eigenvalue weighted by molar-refractivity contribution is 5.70. The molecule has 0 spiro atoms. The Balaban J connectivity index is 2.46. The molecule has 0 saturated carbocycles. The van der Waals surface area contributed by atoms with Crippen LogP contribution in [0.15, 0.2) is 17.0 Å². The third-order valence-corrected chi connectivity index (χ3v) is 1.84. The van der Waals surface area contributed by atoms with Crippen molar-refractivity contribution in [3.63, 3.8) is 0 Å². The molecular weight excluding hydrogens is 202 g/mol. The summed E-state index contributed by atoms with van der Waals surface area (Å²) in [6, 6.07) is 0. The lowest BCUT2D eigenvalue weighted by atomic mass is 10.1. The van der Waals surface area contributed by atoms with Gasteiger partial charge in [0.05, 0.1) is 25.3 Å². The number of carbonyl (C=O) groups is 1. The van der Waals surface area contributed by atoms with Crippen molar-refractivity contribution in [1.82, 2.24) is 5.16 Å². The first kappa shape index (κ1) is 11.7. The summed E-state index contributed by atoms with van der Waals surface area (Å²) in [7, 11) is 0. The van der Waals surface area contributed by atoms with Crippen LogP contribution in [-0.2, 0) is 9.53 Å². The molecule has 84 valence electrons. The fourth-order valence-electron chi connectivity index (χ4n) is 1.08. The van der Waals surface area contributed by atoms with Gasteiger partial charge < -0.3 is 19.5 Å². The van der Waals surface area contributed by atoms with Crippen molar-refractivity contribution in [2.24, 2.45) is 0 Å². The van der Waals surface area contributed by atoms with Crippen molar-refractivity contribution in [2.45, 2.75) is 25.6 Å². The summed E-state index contributed by atoms with van der Waals surface area (Å²) in [6.07, 6.45) is -0.192. The summed E-state index contributed by atoms with van der Waals surface area (Å²) >= 11 is 0. The Bertz CT molecular complexity index is 297. The quantitative estimate of drug-likeness (QED) is 0.673. The minimum Gasteiger partial charge on any atom is -0.466 e. The Morgan fingerprint density at radius 3 is 2.93 bits per heavy atom. The van der Waals surface area contributed by atoms with E-state index in [1.807, 2.05) is 0 Å². The van der Waals surface area contributed by atoms with Crippen LogP contribution in [0.1, 0.15) is 25.0 Å². The first-order chi connectivity index (χ1) is 7.15. The van der Waals surface area contributed by atoms with E-state index in [4.69, 9.17) is 0 Å². The van der Waals surface area contributed by atoms with Gasteiger partial charge in [-0.2, -0.15) is 0 Å². The number of ether oxygens (including phenoxy) is 1. The van der Waals surface area contributed by atoms with Crippen molar-refractivity contribution in [1.29, 1.82) is 0 Å². The van der Waals surface area contributed by atoms with Crippen molar-refractivity contribution in [2.75, 3.05) is 6.61 Å². The molecule has 0 fully saturated rings. The molecule has 2 atom stereocenters. The van der Waals surface area contributed by atoms with Crippen LogP contribution in [0.3, 0.4) is 0 Å². The number of aromatic nitrogens is 1. The van der Waals surface area contributed by atoms with E-state index < -0.39 is 18.2 Å². The van der Waals surface area contributed by atoms with Crippen LogP contribution in [0.5, 0.6) is 0 Å². The molecule has 0 saturated heterocycles. The van der Waals surface area contributed by atoms with E-state index in [0.717, 1.165) is 0 Å². The van der Waals surface area contributed by atoms with Gasteiger partial charge >= 0.3 is 5.97 Å². The number of rotatable bonds is 5. The van der Waals surface area contributed by atoms with Gasteiger partial charge in [0, 0.05) is 5.56 Å². The van der Waals surface area contributed by atoms with Gasteiger partial charge in [-0.25, -0.2) is 0 Å². The summed E-state index contributed by atoms with van der Waals surface area (Å²) in [5, 5.41) is 22.4. The summed E-state index contributed by atoms with van der Waals surface area (Å²) in [4.78, 5) is 11.0. The Hall–Kier alpha value is -1.40. The lowest BCUT2D eigenvalue weighted by Crippen LogP contribution is -2.22. The number of carbonyl (C=O) groups excluding carboxylic acids is 1. The molecule has 0 amide bonds. The number of esters is 1. The molecule has 1 rings (SSSR count). The van der Waals surface area contributed by atoms with Gasteiger partial charge in [-0.1, -0.05) is 5.16 Å². The molecule has 2 unspecified atom stereocenters. The molecule has 0 radical (unpaired) electrons. The Morgan fingerprint density at radius 2 is 2.40 bits per heavy atom. The van der Waals surface area contributed by atoms with Crippen LogP contribution < -0.4 is 0 Å². The average Bonchev–Trinajstić information content (AvgIpc) is 2.69. The van der Waals surface area contributed by atoms with Gasteiger partial charge in [0.25, 0.3) is 0 Å². The Labute approximate surface area is 86.4 Å². The zero-order chi connectivity index (χ0) is 11.3. The number of aliphatic hydroxyl groups excluding tert-OH is 2. The second-order valence-corrected chi connectivity index (χ2v) is 2.98. The van der Waals surface area contributed by atoms with E-state index in [1.165, 1.54) is 12.5 Å². The molecule has 0 aromatic carbocycles. The molecule has 1 heterocycles. The monoisotopic (exact) mass is 215 g/mol. The second kappa shape index (κ2) is 5.47. The first-order valence-corrected chi connectivity index (χ1v) is 4.56. The van der Waals surface area contributed by atoms with Crippen molar-refractivity contribution >= 4 is 5.97 Å². The Kier molecular flexibility index (Phi) is 4.26. The molecule has 0 aliphatic heterocycles. The number of hydrogen-bond acceptors (Lipinski definition) is 6. The maximum atomic E-state index is 11.0. The highest BCUT2D eigenvalue weighted by Gasteiger charge is 2.23. The van der Waals surface area contributed by atoms with Gasteiger partial charge in [-0.3, -0.25) is 4.79 Å². The van der Waals surface area contributed by atoms with Crippen LogP contribution >= 0.6 is 0 Å². The number of nitrogens with zero attached hydrogens (tertiary/aromatic N) is 1. The molecule has 15 heavy (non-hydrogen) atoms. The van der Waals surface area contributed by atoms with E-state index in [-0.39, 0.29) is 13.0 Å². The molecule has 1 aromatic heterocycles. The highest BCUT2D eigenvalue weighted by atomic mass is 16.5. The minimum absolute atomic E-state index is 0.245. The minimum atomic E-state index is -1.22. The second-order valence-electron chi connectivity index (χ2n) is 2.98. The third kappa shape index (κ3) is 3.34. The van der Waals surface area contributed by atoms with Crippen LogP contribution in [0, 0.1) is 0 Å². The fourth-order valence-corrected chi connectivity index (χ4v) is 1.08. The summed E-state index contributed by atoms with van der Waals surface area (Å²) in [5.41, 5.74) is 0.326. The van der Waals surface area contributed by atoms with Gasteiger partial charge in [0.1, 0.15) is 12.4 Å². The van der Waals surface area contributed by atoms with Crippen molar-refractivity contribution in [3.8, 4) is 0 Å². The molecular formula is C9H13NO5. The van der Waals surface area contributed by atoms with Crippen LogP contribution in [0.25, 0.3) is 0 Å². The van der Waals surface area contributed by atoms with Crippen LogP contribution in [0.2, 0.25) is 0 Å². The maximum Gasteiger partial charge on any atom is 0.308 e. The van der Waals surface area contributed by atoms with E-state index in [0.29, 0.717) is 5.56 Å². The third-order valence-electron chi connectivity index (χ3n) is 1.84. The molecule has 0 bridgehead atoms. The summed E-state index contributed by atoms with van der Waals surface area (Å²) in [5.74, 6) is -0.555. The molecule has 6 heteroatoms.